The van der Waals surface area contributed by atoms with E-state index >= 15 is 0 Å². The minimum atomic E-state index is -0.764. The van der Waals surface area contributed by atoms with E-state index in [9.17, 15) is 14.4 Å². The topological polar surface area (TPSA) is 78.9 Å². The quantitative estimate of drug-likeness (QED) is 0.0343. The molecule has 0 bridgehead atoms. The first-order valence-corrected chi connectivity index (χ1v) is 30.2. The monoisotopic (exact) mass is 947 g/mol. The van der Waals surface area contributed by atoms with E-state index in [1.54, 1.807) is 0 Å². The third kappa shape index (κ3) is 52.1. The molecule has 0 aliphatic heterocycles. The third-order valence-corrected chi connectivity index (χ3v) is 14.6. The number of ether oxygens (including phenoxy) is 3. The Balaban J connectivity index is 4.26. The fourth-order valence-corrected chi connectivity index (χ4v) is 9.29. The van der Waals surface area contributed by atoms with Crippen LogP contribution in [0.25, 0.3) is 0 Å². The molecule has 0 aliphatic carbocycles. The van der Waals surface area contributed by atoms with Crippen molar-refractivity contribution < 1.29 is 28.6 Å². The highest BCUT2D eigenvalue weighted by Crippen LogP contribution is 2.19. The Hall–Kier alpha value is -1.59. The molecule has 0 N–H and O–H groups in total. The summed E-state index contributed by atoms with van der Waals surface area (Å²) in [5.74, 6) is 1.75. The zero-order valence-electron chi connectivity index (χ0n) is 46.2. The Labute approximate surface area is 418 Å². The van der Waals surface area contributed by atoms with Gasteiger partial charge in [0.1, 0.15) is 13.2 Å². The van der Waals surface area contributed by atoms with Crippen LogP contribution >= 0.6 is 0 Å². The lowest BCUT2D eigenvalue weighted by Gasteiger charge is -2.18. The van der Waals surface area contributed by atoms with E-state index in [1.165, 1.54) is 218 Å². The van der Waals surface area contributed by atoms with Gasteiger partial charge in [0.2, 0.25) is 0 Å². The first-order valence-electron chi connectivity index (χ1n) is 30.2. The van der Waals surface area contributed by atoms with Crippen LogP contribution in [0.2, 0.25) is 0 Å². The Morgan fingerprint density at radius 2 is 0.522 bits per heavy atom. The van der Waals surface area contributed by atoms with Gasteiger partial charge in [0.25, 0.3) is 0 Å². The number of rotatable bonds is 54. The van der Waals surface area contributed by atoms with Crippen molar-refractivity contribution in [2.75, 3.05) is 13.2 Å². The molecule has 398 valence electrons. The number of hydrogen-bond donors (Lipinski definition) is 0. The second-order valence-electron chi connectivity index (χ2n) is 21.9. The lowest BCUT2D eigenvalue weighted by molar-refractivity contribution is -0.167. The standard InChI is InChI=1S/C61H118O6/c1-7-56(5)48-42-36-30-24-20-16-13-14-18-22-26-33-39-45-51-60(63)66-54-58(67-61(64)52-46-40-34-28-27-31-37-43-49-57(6)8-2)53-65-59(62)50-44-38-32-25-21-17-12-10-9-11-15-19-23-29-35-41-47-55(3)4/h55-58H,7-54H2,1-6H3/t56?,57?,58-/m0/s1. The molecule has 0 amide bonds. The zero-order valence-corrected chi connectivity index (χ0v) is 46.2. The van der Waals surface area contributed by atoms with E-state index in [2.05, 4.69) is 41.5 Å². The summed E-state index contributed by atoms with van der Waals surface area (Å²) in [5.41, 5.74) is 0. The Morgan fingerprint density at radius 1 is 0.299 bits per heavy atom. The molecule has 0 aromatic rings. The van der Waals surface area contributed by atoms with E-state index in [1.807, 2.05) is 0 Å². The van der Waals surface area contributed by atoms with Gasteiger partial charge in [0.15, 0.2) is 6.10 Å². The van der Waals surface area contributed by atoms with Gasteiger partial charge < -0.3 is 14.2 Å². The van der Waals surface area contributed by atoms with E-state index in [-0.39, 0.29) is 31.1 Å². The summed E-state index contributed by atoms with van der Waals surface area (Å²) in [5, 5.41) is 0. The van der Waals surface area contributed by atoms with Crippen LogP contribution in [-0.2, 0) is 28.6 Å². The fourth-order valence-electron chi connectivity index (χ4n) is 9.29. The van der Waals surface area contributed by atoms with E-state index in [4.69, 9.17) is 14.2 Å². The number of hydrogen-bond acceptors (Lipinski definition) is 6. The molecular formula is C61H118O6. The smallest absolute Gasteiger partial charge is 0.306 e. The maximum Gasteiger partial charge on any atom is 0.306 e. The number of carbonyl (C=O) groups excluding carboxylic acids is 3. The molecule has 67 heavy (non-hydrogen) atoms. The van der Waals surface area contributed by atoms with Crippen LogP contribution in [0, 0.1) is 17.8 Å². The van der Waals surface area contributed by atoms with Crippen molar-refractivity contribution in [3.8, 4) is 0 Å². The molecule has 0 heterocycles. The van der Waals surface area contributed by atoms with E-state index in [0.29, 0.717) is 19.3 Å². The molecule has 0 spiro atoms. The summed E-state index contributed by atoms with van der Waals surface area (Å²) in [7, 11) is 0. The van der Waals surface area contributed by atoms with Crippen LogP contribution in [0.1, 0.15) is 337 Å². The van der Waals surface area contributed by atoms with Gasteiger partial charge >= 0.3 is 17.9 Å². The highest BCUT2D eigenvalue weighted by molar-refractivity contribution is 5.71. The molecular weight excluding hydrogens is 829 g/mol. The van der Waals surface area contributed by atoms with Gasteiger partial charge in [-0.2, -0.15) is 0 Å². The summed E-state index contributed by atoms with van der Waals surface area (Å²) in [6.07, 6.45) is 55.2. The first-order chi connectivity index (χ1) is 32.7. The molecule has 0 saturated heterocycles. The number of esters is 3. The summed E-state index contributed by atoms with van der Waals surface area (Å²) < 4.78 is 16.9. The third-order valence-electron chi connectivity index (χ3n) is 14.6. The summed E-state index contributed by atoms with van der Waals surface area (Å²) in [6, 6.07) is 0. The average molecular weight is 948 g/mol. The largest absolute Gasteiger partial charge is 0.462 e. The van der Waals surface area contributed by atoms with Crippen molar-refractivity contribution in [2.45, 2.75) is 343 Å². The van der Waals surface area contributed by atoms with Crippen molar-refractivity contribution in [3.63, 3.8) is 0 Å². The summed E-state index contributed by atoms with van der Waals surface area (Å²) in [6.45, 7) is 13.8. The Kier molecular flexibility index (Phi) is 51.0. The molecule has 6 heteroatoms. The lowest BCUT2D eigenvalue weighted by atomic mass is 9.99. The van der Waals surface area contributed by atoms with Gasteiger partial charge in [0.05, 0.1) is 0 Å². The van der Waals surface area contributed by atoms with Gasteiger partial charge in [-0.05, 0) is 37.0 Å². The van der Waals surface area contributed by atoms with Crippen molar-refractivity contribution in [1.82, 2.24) is 0 Å². The van der Waals surface area contributed by atoms with Gasteiger partial charge in [0, 0.05) is 19.3 Å². The van der Waals surface area contributed by atoms with Crippen molar-refractivity contribution in [3.05, 3.63) is 0 Å². The molecule has 3 atom stereocenters. The molecule has 6 nitrogen and oxygen atoms in total. The minimum Gasteiger partial charge on any atom is -0.462 e. The molecule has 0 saturated carbocycles. The molecule has 0 radical (unpaired) electrons. The van der Waals surface area contributed by atoms with Crippen LogP contribution in [0.3, 0.4) is 0 Å². The van der Waals surface area contributed by atoms with Gasteiger partial charge in [-0.1, -0.05) is 298 Å². The van der Waals surface area contributed by atoms with Crippen molar-refractivity contribution in [1.29, 1.82) is 0 Å². The number of carbonyl (C=O) groups is 3. The van der Waals surface area contributed by atoms with Gasteiger partial charge in [-0.15, -0.1) is 0 Å². The van der Waals surface area contributed by atoms with Crippen LogP contribution in [0.15, 0.2) is 0 Å². The SMILES string of the molecule is CCC(C)CCCCCCCCCCCCCCCCC(=O)OC[C@H](COC(=O)CCCCCCCCCCCCCCCCCCC(C)C)OC(=O)CCCCCCCCCCC(C)CC. The van der Waals surface area contributed by atoms with E-state index < -0.39 is 6.10 Å². The molecule has 0 aromatic carbocycles. The normalized spacial score (nSPS) is 12.9. The molecule has 0 fully saturated rings. The Bertz CT molecular complexity index is 1040. The predicted molar refractivity (Wildman–Crippen MR) is 289 cm³/mol. The highest BCUT2D eigenvalue weighted by atomic mass is 16.6. The van der Waals surface area contributed by atoms with Crippen molar-refractivity contribution >= 4 is 17.9 Å². The van der Waals surface area contributed by atoms with Crippen LogP contribution in [0.4, 0.5) is 0 Å². The van der Waals surface area contributed by atoms with E-state index in [0.717, 1.165) is 75.5 Å². The fraction of sp³-hybridized carbons (Fsp3) is 0.951. The number of unbranched alkanes of at least 4 members (excludes halogenated alkanes) is 35. The summed E-state index contributed by atoms with van der Waals surface area (Å²) >= 11 is 0. The molecule has 0 rings (SSSR count). The second kappa shape index (κ2) is 52.2. The predicted octanol–water partition coefficient (Wildman–Crippen LogP) is 19.9. The van der Waals surface area contributed by atoms with Crippen LogP contribution in [0.5, 0.6) is 0 Å². The second-order valence-corrected chi connectivity index (χ2v) is 21.9. The molecule has 0 aromatic heterocycles. The average Bonchev–Trinajstić information content (AvgIpc) is 3.31. The minimum absolute atomic E-state index is 0.0636. The van der Waals surface area contributed by atoms with Crippen LogP contribution < -0.4 is 0 Å². The zero-order chi connectivity index (χ0) is 49.1. The van der Waals surface area contributed by atoms with Gasteiger partial charge in [-0.25, -0.2) is 0 Å². The maximum atomic E-state index is 12.8. The molecule has 0 aliphatic rings. The molecule has 2 unspecified atom stereocenters. The maximum absolute atomic E-state index is 12.8. The van der Waals surface area contributed by atoms with Crippen LogP contribution in [-0.4, -0.2) is 37.2 Å². The van der Waals surface area contributed by atoms with Crippen molar-refractivity contribution in [2.24, 2.45) is 17.8 Å². The Morgan fingerprint density at radius 3 is 0.776 bits per heavy atom. The lowest BCUT2D eigenvalue weighted by Crippen LogP contribution is -2.30. The highest BCUT2D eigenvalue weighted by Gasteiger charge is 2.19. The first kappa shape index (κ1) is 65.4. The summed E-state index contributed by atoms with van der Waals surface area (Å²) in [4.78, 5) is 38.2. The van der Waals surface area contributed by atoms with Gasteiger partial charge in [-0.3, -0.25) is 14.4 Å².